The van der Waals surface area contributed by atoms with E-state index in [0.717, 1.165) is 30.8 Å². The van der Waals surface area contributed by atoms with Crippen molar-refractivity contribution in [2.75, 3.05) is 17.1 Å². The zero-order valence-electron chi connectivity index (χ0n) is 15.7. The molecule has 0 fully saturated rings. The first-order chi connectivity index (χ1) is 12.6. The molecule has 0 bridgehead atoms. The summed E-state index contributed by atoms with van der Waals surface area (Å²) in [5.74, 6) is -0.506. The van der Waals surface area contributed by atoms with Crippen molar-refractivity contribution >= 4 is 49.9 Å². The second-order valence-corrected chi connectivity index (χ2v) is 9.41. The highest BCUT2D eigenvalue weighted by molar-refractivity contribution is 14.1. The molecule has 2 aromatic carbocycles. The Kier molecular flexibility index (Phi) is 6.99. The SMILES string of the molecule is C/C(=N/NC(=O)CN(c1c(C)cccc1C)S(C)(=O)=O)c1cccc(I)c1. The Balaban J connectivity index is 2.21. The third-order valence-corrected chi connectivity index (χ3v) is 5.75. The number of para-hydroxylation sites is 1. The highest BCUT2D eigenvalue weighted by Gasteiger charge is 2.23. The monoisotopic (exact) mass is 499 g/mol. The predicted octanol–water partition coefficient (Wildman–Crippen LogP) is 3.21. The van der Waals surface area contributed by atoms with Gasteiger partial charge in [0.25, 0.3) is 5.91 Å². The van der Waals surface area contributed by atoms with Crippen LogP contribution in [0.4, 0.5) is 5.69 Å². The van der Waals surface area contributed by atoms with Crippen molar-refractivity contribution in [3.8, 4) is 0 Å². The van der Waals surface area contributed by atoms with Gasteiger partial charge in [-0.15, -0.1) is 0 Å². The van der Waals surface area contributed by atoms with Crippen molar-refractivity contribution < 1.29 is 13.2 Å². The molecule has 0 saturated carbocycles. The van der Waals surface area contributed by atoms with E-state index in [0.29, 0.717) is 11.4 Å². The number of amides is 1. The summed E-state index contributed by atoms with van der Waals surface area (Å²) in [4.78, 5) is 12.4. The molecule has 0 saturated heterocycles. The fourth-order valence-corrected chi connectivity index (χ4v) is 4.17. The molecule has 0 radical (unpaired) electrons. The van der Waals surface area contributed by atoms with Crippen molar-refractivity contribution in [2.24, 2.45) is 5.10 Å². The first-order valence-corrected chi connectivity index (χ1v) is 11.2. The van der Waals surface area contributed by atoms with E-state index in [1.165, 1.54) is 0 Å². The molecule has 2 rings (SSSR count). The van der Waals surface area contributed by atoms with Crippen molar-refractivity contribution in [3.63, 3.8) is 0 Å². The van der Waals surface area contributed by atoms with E-state index in [1.54, 1.807) is 6.92 Å². The molecule has 6 nitrogen and oxygen atoms in total. The number of carbonyl (C=O) groups excluding carboxylic acids is 1. The van der Waals surface area contributed by atoms with E-state index in [4.69, 9.17) is 0 Å². The minimum Gasteiger partial charge on any atom is -0.271 e. The van der Waals surface area contributed by atoms with Crippen LogP contribution in [0.15, 0.2) is 47.6 Å². The number of halogens is 1. The van der Waals surface area contributed by atoms with Gasteiger partial charge in [0.1, 0.15) is 6.54 Å². The van der Waals surface area contributed by atoms with E-state index in [-0.39, 0.29) is 6.54 Å². The van der Waals surface area contributed by atoms with E-state index in [9.17, 15) is 13.2 Å². The van der Waals surface area contributed by atoms with Crippen molar-refractivity contribution in [2.45, 2.75) is 20.8 Å². The van der Waals surface area contributed by atoms with Crippen molar-refractivity contribution in [1.82, 2.24) is 5.43 Å². The molecule has 144 valence electrons. The molecular weight excluding hydrogens is 477 g/mol. The number of nitrogens with one attached hydrogen (secondary N) is 1. The zero-order valence-corrected chi connectivity index (χ0v) is 18.6. The molecule has 0 atom stereocenters. The molecule has 0 aliphatic heterocycles. The van der Waals surface area contributed by atoms with Crippen LogP contribution in [0.5, 0.6) is 0 Å². The van der Waals surface area contributed by atoms with Crippen LogP contribution in [0.3, 0.4) is 0 Å². The Hall–Kier alpha value is -1.94. The zero-order chi connectivity index (χ0) is 20.2. The van der Waals surface area contributed by atoms with Gasteiger partial charge in [0.05, 0.1) is 17.7 Å². The maximum Gasteiger partial charge on any atom is 0.260 e. The molecular formula is C19H22IN3O3S. The molecule has 2 aromatic rings. The van der Waals surface area contributed by atoms with E-state index < -0.39 is 15.9 Å². The highest BCUT2D eigenvalue weighted by atomic mass is 127. The molecule has 27 heavy (non-hydrogen) atoms. The van der Waals surface area contributed by atoms with Gasteiger partial charge < -0.3 is 0 Å². The van der Waals surface area contributed by atoms with Gasteiger partial charge in [-0.05, 0) is 72.2 Å². The minimum atomic E-state index is -3.63. The summed E-state index contributed by atoms with van der Waals surface area (Å²) in [6.07, 6.45) is 1.09. The third kappa shape index (κ3) is 5.77. The maximum absolute atomic E-state index is 12.4. The van der Waals surface area contributed by atoms with Gasteiger partial charge in [-0.25, -0.2) is 13.8 Å². The van der Waals surface area contributed by atoms with Crippen LogP contribution in [0, 0.1) is 17.4 Å². The van der Waals surface area contributed by atoms with E-state index in [1.807, 2.05) is 56.3 Å². The second-order valence-electron chi connectivity index (χ2n) is 6.25. The summed E-state index contributed by atoms with van der Waals surface area (Å²) in [5.41, 5.74) is 6.07. The lowest BCUT2D eigenvalue weighted by molar-refractivity contribution is -0.119. The Morgan fingerprint density at radius 3 is 2.30 bits per heavy atom. The number of benzene rings is 2. The van der Waals surface area contributed by atoms with E-state index in [2.05, 4.69) is 33.1 Å². The Labute approximate surface area is 173 Å². The van der Waals surface area contributed by atoms with Crippen LogP contribution in [0.25, 0.3) is 0 Å². The summed E-state index contributed by atoms with van der Waals surface area (Å²) < 4.78 is 26.7. The van der Waals surface area contributed by atoms with Gasteiger partial charge in [0.2, 0.25) is 10.0 Å². The average Bonchev–Trinajstić information content (AvgIpc) is 2.57. The summed E-state index contributed by atoms with van der Waals surface area (Å²) in [7, 11) is -3.63. The molecule has 0 aromatic heterocycles. The number of sulfonamides is 1. The maximum atomic E-state index is 12.4. The van der Waals surface area contributed by atoms with Crippen molar-refractivity contribution in [1.29, 1.82) is 0 Å². The van der Waals surface area contributed by atoms with Crippen LogP contribution in [-0.2, 0) is 14.8 Å². The fourth-order valence-electron chi connectivity index (χ4n) is 2.65. The third-order valence-electron chi connectivity index (χ3n) is 3.97. The number of rotatable bonds is 6. The van der Waals surface area contributed by atoms with Crippen molar-refractivity contribution in [3.05, 3.63) is 62.7 Å². The lowest BCUT2D eigenvalue weighted by Crippen LogP contribution is -2.40. The largest absolute Gasteiger partial charge is 0.271 e. The van der Waals surface area contributed by atoms with Gasteiger partial charge in [0.15, 0.2) is 0 Å². The Morgan fingerprint density at radius 1 is 1.15 bits per heavy atom. The van der Waals surface area contributed by atoms with Gasteiger partial charge in [0, 0.05) is 3.57 Å². The second kappa shape index (κ2) is 8.83. The number of hydrogen-bond acceptors (Lipinski definition) is 4. The number of anilines is 1. The Morgan fingerprint density at radius 2 is 1.74 bits per heavy atom. The molecule has 1 amide bonds. The fraction of sp³-hybridized carbons (Fsp3) is 0.263. The lowest BCUT2D eigenvalue weighted by Gasteiger charge is -2.25. The Bertz CT molecular complexity index is 967. The number of carbonyl (C=O) groups is 1. The number of hydrazone groups is 1. The topological polar surface area (TPSA) is 78.8 Å². The normalized spacial score (nSPS) is 12.0. The number of nitrogens with zero attached hydrogens (tertiary/aromatic N) is 2. The average molecular weight is 499 g/mol. The van der Waals surface area contributed by atoms with E-state index >= 15 is 0 Å². The molecule has 0 spiro atoms. The summed E-state index contributed by atoms with van der Waals surface area (Å²) in [6.45, 7) is 5.08. The summed E-state index contributed by atoms with van der Waals surface area (Å²) in [5, 5.41) is 4.10. The van der Waals surface area contributed by atoms with Gasteiger partial charge in [-0.1, -0.05) is 30.3 Å². The predicted molar refractivity (Wildman–Crippen MR) is 118 cm³/mol. The molecule has 0 heterocycles. The molecule has 0 aliphatic carbocycles. The van der Waals surface area contributed by atoms with Gasteiger partial charge in [-0.3, -0.25) is 9.10 Å². The van der Waals surface area contributed by atoms with Crippen LogP contribution in [0.1, 0.15) is 23.6 Å². The molecule has 0 unspecified atom stereocenters. The number of aryl methyl sites for hydroxylation is 2. The molecule has 0 aliphatic rings. The van der Waals surface area contributed by atoms with Crippen LogP contribution in [0.2, 0.25) is 0 Å². The van der Waals surface area contributed by atoms with Crippen LogP contribution < -0.4 is 9.73 Å². The standard InChI is InChI=1S/C19H22IN3O3S/c1-13-7-5-8-14(2)19(13)23(27(4,25)26)12-18(24)22-21-15(3)16-9-6-10-17(20)11-16/h5-11H,12H2,1-4H3,(H,22,24)/b21-15-. The first kappa shape index (κ1) is 21.4. The number of hydrogen-bond donors (Lipinski definition) is 1. The minimum absolute atomic E-state index is 0.340. The van der Waals surface area contributed by atoms with Gasteiger partial charge in [-0.2, -0.15) is 5.10 Å². The molecule has 1 N–H and O–H groups in total. The summed E-state index contributed by atoms with van der Waals surface area (Å²) >= 11 is 2.20. The van der Waals surface area contributed by atoms with Crippen LogP contribution in [-0.4, -0.2) is 32.8 Å². The van der Waals surface area contributed by atoms with Gasteiger partial charge >= 0.3 is 0 Å². The molecule has 8 heteroatoms. The lowest BCUT2D eigenvalue weighted by atomic mass is 10.1. The summed E-state index contributed by atoms with van der Waals surface area (Å²) in [6, 6.07) is 13.2. The quantitative estimate of drug-likeness (QED) is 0.377. The highest BCUT2D eigenvalue weighted by Crippen LogP contribution is 2.26. The van der Waals surface area contributed by atoms with Crippen LogP contribution >= 0.6 is 22.6 Å². The first-order valence-electron chi connectivity index (χ1n) is 8.22. The smallest absolute Gasteiger partial charge is 0.260 e.